The van der Waals surface area contributed by atoms with Gasteiger partial charge in [0.1, 0.15) is 9.47 Å². The number of pyridine rings is 1. The van der Waals surface area contributed by atoms with Crippen molar-refractivity contribution in [2.75, 3.05) is 0 Å². The monoisotopic (exact) mass is 385 g/mol. The number of aromatic amines is 1. The topological polar surface area (TPSA) is 58.6 Å². The van der Waals surface area contributed by atoms with Crippen molar-refractivity contribution in [1.29, 1.82) is 0 Å². The van der Waals surface area contributed by atoms with Gasteiger partial charge in [-0.2, -0.15) is 0 Å². The molecule has 0 bridgehead atoms. The summed E-state index contributed by atoms with van der Waals surface area (Å²) in [5, 5.41) is 1.54. The molecule has 4 nitrogen and oxygen atoms in total. The molecule has 25 heavy (non-hydrogen) atoms. The molecule has 4 rings (SSSR count). The van der Waals surface area contributed by atoms with Gasteiger partial charge in [-0.25, -0.2) is 9.97 Å². The molecule has 0 fully saturated rings. The lowest BCUT2D eigenvalue weighted by Gasteiger charge is -2.12. The lowest BCUT2D eigenvalue weighted by molar-refractivity contribution is 0.101. The summed E-state index contributed by atoms with van der Waals surface area (Å²) in [7, 11) is 0. The smallest absolute Gasteiger partial charge is 0.162 e. The molecule has 0 radical (unpaired) electrons. The number of Topliss-reactive ketones (excluding diaryl/α,β-unsaturated/α-hetero) is 1. The summed E-state index contributed by atoms with van der Waals surface area (Å²) in [6.45, 7) is 3.42. The molecule has 0 saturated carbocycles. The Morgan fingerprint density at radius 1 is 1.28 bits per heavy atom. The van der Waals surface area contributed by atoms with Crippen molar-refractivity contribution < 1.29 is 4.79 Å². The van der Waals surface area contributed by atoms with Crippen LogP contribution < -0.4 is 0 Å². The molecule has 3 aromatic heterocycles. The van der Waals surface area contributed by atoms with Crippen LogP contribution in [0.4, 0.5) is 0 Å². The van der Waals surface area contributed by atoms with Crippen LogP contribution in [0.1, 0.15) is 23.0 Å². The molecule has 1 N–H and O–H groups in total. The number of halogens is 1. The molecule has 0 aliphatic rings. The van der Waals surface area contributed by atoms with Gasteiger partial charge in [0.2, 0.25) is 0 Å². The SMILES string of the molecule is CC(=O)c1c(C)nc2sc3c(=S)nc[nH]c3c2c1-c1ccc(Cl)cc1. The Morgan fingerprint density at radius 3 is 2.68 bits per heavy atom. The van der Waals surface area contributed by atoms with Crippen LogP contribution in [0.25, 0.3) is 31.6 Å². The number of carbonyl (C=O) groups is 1. The molecule has 124 valence electrons. The largest absolute Gasteiger partial charge is 0.344 e. The quantitative estimate of drug-likeness (QED) is 0.353. The van der Waals surface area contributed by atoms with E-state index in [2.05, 4.69) is 15.0 Å². The van der Waals surface area contributed by atoms with Crippen LogP contribution in [0.2, 0.25) is 5.02 Å². The minimum absolute atomic E-state index is 0.0242. The Morgan fingerprint density at radius 2 is 2.00 bits per heavy atom. The Balaban J connectivity index is 2.27. The van der Waals surface area contributed by atoms with Gasteiger partial charge in [-0.15, -0.1) is 11.3 Å². The molecule has 1 aromatic carbocycles. The van der Waals surface area contributed by atoms with Crippen LogP contribution in [0, 0.1) is 11.6 Å². The molecule has 0 atom stereocenters. The third-order valence-electron chi connectivity index (χ3n) is 4.09. The number of H-pyrrole nitrogens is 1. The number of aromatic nitrogens is 3. The second-order valence-corrected chi connectivity index (χ2v) is 7.53. The van der Waals surface area contributed by atoms with Crippen LogP contribution in [-0.4, -0.2) is 20.7 Å². The molecule has 0 aliphatic heterocycles. The molecule has 0 spiro atoms. The normalized spacial score (nSPS) is 11.3. The number of hydrogen-bond acceptors (Lipinski definition) is 5. The molecule has 4 aromatic rings. The van der Waals surface area contributed by atoms with Gasteiger partial charge < -0.3 is 4.98 Å². The molecule has 0 amide bonds. The third-order valence-corrected chi connectivity index (χ3v) is 5.87. The van der Waals surface area contributed by atoms with Crippen molar-refractivity contribution in [3.05, 3.63) is 51.5 Å². The number of hydrogen-bond donors (Lipinski definition) is 1. The Labute approximate surface area is 157 Å². The van der Waals surface area contributed by atoms with Gasteiger partial charge in [0.25, 0.3) is 0 Å². The number of nitrogens with zero attached hydrogens (tertiary/aromatic N) is 2. The highest BCUT2D eigenvalue weighted by Crippen LogP contribution is 2.41. The Hall–Kier alpha value is -2.15. The predicted molar refractivity (Wildman–Crippen MR) is 105 cm³/mol. The van der Waals surface area contributed by atoms with E-state index < -0.39 is 0 Å². The first-order valence-electron chi connectivity index (χ1n) is 7.54. The van der Waals surface area contributed by atoms with E-state index in [1.165, 1.54) is 11.3 Å². The van der Waals surface area contributed by atoms with Crippen molar-refractivity contribution in [3.63, 3.8) is 0 Å². The lowest BCUT2D eigenvalue weighted by Crippen LogP contribution is -2.03. The van der Waals surface area contributed by atoms with E-state index in [0.717, 1.165) is 31.6 Å². The van der Waals surface area contributed by atoms with Gasteiger partial charge in [0.05, 0.1) is 22.2 Å². The van der Waals surface area contributed by atoms with Crippen molar-refractivity contribution in [2.45, 2.75) is 13.8 Å². The summed E-state index contributed by atoms with van der Waals surface area (Å²) in [6, 6.07) is 7.48. The van der Waals surface area contributed by atoms with E-state index in [9.17, 15) is 4.79 Å². The summed E-state index contributed by atoms with van der Waals surface area (Å²) in [4.78, 5) is 25.2. The number of rotatable bonds is 2. The maximum absolute atomic E-state index is 12.4. The number of nitrogens with one attached hydrogen (secondary N) is 1. The highest BCUT2D eigenvalue weighted by atomic mass is 35.5. The van der Waals surface area contributed by atoms with Crippen LogP contribution in [0.5, 0.6) is 0 Å². The highest BCUT2D eigenvalue weighted by molar-refractivity contribution is 7.71. The fraction of sp³-hybridized carbons (Fsp3) is 0.111. The van der Waals surface area contributed by atoms with Gasteiger partial charge in [0, 0.05) is 21.5 Å². The van der Waals surface area contributed by atoms with Crippen LogP contribution in [-0.2, 0) is 0 Å². The average Bonchev–Trinajstić information content (AvgIpc) is 2.93. The van der Waals surface area contributed by atoms with E-state index >= 15 is 0 Å². The third kappa shape index (κ3) is 2.57. The first kappa shape index (κ1) is 16.3. The number of aryl methyl sites for hydroxylation is 1. The molecule has 0 saturated heterocycles. The maximum Gasteiger partial charge on any atom is 0.162 e. The predicted octanol–water partition coefficient (Wildman–Crippen LogP) is 5.73. The first-order chi connectivity index (χ1) is 12.0. The van der Waals surface area contributed by atoms with Gasteiger partial charge >= 0.3 is 0 Å². The number of fused-ring (bicyclic) bond motifs is 3. The van der Waals surface area contributed by atoms with Crippen LogP contribution >= 0.6 is 35.2 Å². The molecule has 7 heteroatoms. The molecular formula is C18H12ClN3OS2. The number of benzene rings is 1. The summed E-state index contributed by atoms with van der Waals surface area (Å²) in [5.41, 5.74) is 3.96. The van der Waals surface area contributed by atoms with E-state index in [1.54, 1.807) is 13.3 Å². The lowest BCUT2D eigenvalue weighted by atomic mass is 9.94. The number of thiophene rings is 1. The minimum atomic E-state index is -0.0242. The number of carbonyl (C=O) groups excluding carboxylic acids is 1. The fourth-order valence-electron chi connectivity index (χ4n) is 3.08. The zero-order valence-corrected chi connectivity index (χ0v) is 15.8. The molecular weight excluding hydrogens is 374 g/mol. The van der Waals surface area contributed by atoms with Crippen molar-refractivity contribution in [2.24, 2.45) is 0 Å². The highest BCUT2D eigenvalue weighted by Gasteiger charge is 2.22. The van der Waals surface area contributed by atoms with E-state index in [1.807, 2.05) is 31.2 Å². The fourth-order valence-corrected chi connectivity index (χ4v) is 4.57. The molecule has 3 heterocycles. The van der Waals surface area contributed by atoms with E-state index in [4.69, 9.17) is 23.8 Å². The average molecular weight is 386 g/mol. The zero-order chi connectivity index (χ0) is 17.7. The summed E-state index contributed by atoms with van der Waals surface area (Å²) >= 11 is 12.9. The summed E-state index contributed by atoms with van der Waals surface area (Å²) in [6.07, 6.45) is 1.58. The van der Waals surface area contributed by atoms with E-state index in [-0.39, 0.29) is 5.78 Å². The number of ketones is 1. The second kappa shape index (κ2) is 5.98. The van der Waals surface area contributed by atoms with Crippen LogP contribution in [0.15, 0.2) is 30.6 Å². The minimum Gasteiger partial charge on any atom is -0.344 e. The summed E-state index contributed by atoms with van der Waals surface area (Å²) in [5.74, 6) is -0.0242. The second-order valence-electron chi connectivity index (χ2n) is 5.70. The maximum atomic E-state index is 12.4. The Kier molecular flexibility index (Phi) is 3.91. The van der Waals surface area contributed by atoms with Gasteiger partial charge in [-0.05, 0) is 31.5 Å². The van der Waals surface area contributed by atoms with Crippen molar-refractivity contribution in [1.82, 2.24) is 15.0 Å². The van der Waals surface area contributed by atoms with Crippen molar-refractivity contribution >= 4 is 61.4 Å². The first-order valence-corrected chi connectivity index (χ1v) is 9.15. The molecule has 0 aliphatic carbocycles. The van der Waals surface area contributed by atoms with Gasteiger partial charge in [-0.1, -0.05) is 36.0 Å². The zero-order valence-electron chi connectivity index (χ0n) is 13.4. The summed E-state index contributed by atoms with van der Waals surface area (Å²) < 4.78 is 1.40. The molecule has 0 unspecified atom stereocenters. The van der Waals surface area contributed by atoms with Crippen LogP contribution in [0.3, 0.4) is 0 Å². The van der Waals surface area contributed by atoms with Gasteiger partial charge in [0.15, 0.2) is 5.78 Å². The van der Waals surface area contributed by atoms with Gasteiger partial charge in [-0.3, -0.25) is 4.79 Å². The Bertz CT molecular complexity index is 1210. The van der Waals surface area contributed by atoms with E-state index in [0.29, 0.717) is 20.9 Å². The van der Waals surface area contributed by atoms with Crippen molar-refractivity contribution in [3.8, 4) is 11.1 Å². The standard InChI is InChI=1S/C18H12ClN3OS2/c1-8-12(9(2)23)13(10-3-5-11(19)6-4-10)14-15-16(25-18(14)22-8)17(24)21-7-20-15/h3-7H,1-2H3,(H,20,21,24).